The van der Waals surface area contributed by atoms with Crippen LogP contribution in [0.25, 0.3) is 10.9 Å². The molecule has 0 unspecified atom stereocenters. The largest absolute Gasteiger partial charge is 0.497 e. The minimum Gasteiger partial charge on any atom is -0.497 e. The van der Waals surface area contributed by atoms with Crippen LogP contribution < -0.4 is 25.1 Å². The molecule has 1 aliphatic rings. The molecule has 128 valence electrons. The molecule has 3 aromatic rings. The summed E-state index contributed by atoms with van der Waals surface area (Å²) in [5, 5.41) is 3.75. The van der Waals surface area contributed by atoms with Gasteiger partial charge >= 0.3 is 0 Å². The number of rotatable bonds is 4. The second-order valence-corrected chi connectivity index (χ2v) is 5.60. The Labute approximate surface area is 143 Å². The van der Waals surface area contributed by atoms with E-state index in [4.69, 9.17) is 14.2 Å². The molecule has 2 aromatic carbocycles. The Morgan fingerprint density at radius 1 is 1.16 bits per heavy atom. The van der Waals surface area contributed by atoms with Crippen molar-refractivity contribution in [1.29, 1.82) is 0 Å². The maximum Gasteiger partial charge on any atom is 0.262 e. The number of ether oxygens (including phenoxy) is 3. The summed E-state index contributed by atoms with van der Waals surface area (Å²) in [5.74, 6) is 2.11. The summed E-state index contributed by atoms with van der Waals surface area (Å²) in [6.45, 7) is 1.39. The highest BCUT2D eigenvalue weighted by Gasteiger charge is 2.12. The van der Waals surface area contributed by atoms with Gasteiger partial charge in [0.25, 0.3) is 5.56 Å². The number of anilines is 1. The number of methoxy groups -OCH3 is 1. The van der Waals surface area contributed by atoms with Crippen LogP contribution >= 0.6 is 0 Å². The van der Waals surface area contributed by atoms with Crippen LogP contribution in [0.15, 0.2) is 47.5 Å². The fraction of sp³-hybridized carbons (Fsp3) is 0.222. The molecule has 25 heavy (non-hydrogen) atoms. The number of fused-ring (bicyclic) bond motifs is 2. The standard InChI is InChI=1S/C18H17N3O4/c1-23-13-3-4-14-15(9-13)20-11-21(18(14)22)10-19-12-2-5-16-17(8-12)25-7-6-24-16/h2-5,8-9,11,19H,6-7,10H2,1H3. The molecule has 0 saturated carbocycles. The average Bonchev–Trinajstić information content (AvgIpc) is 2.67. The molecule has 1 N–H and O–H groups in total. The van der Waals surface area contributed by atoms with E-state index in [1.165, 1.54) is 10.9 Å². The van der Waals surface area contributed by atoms with Crippen LogP contribution in [-0.2, 0) is 6.67 Å². The van der Waals surface area contributed by atoms with E-state index in [-0.39, 0.29) is 5.56 Å². The minimum absolute atomic E-state index is 0.113. The van der Waals surface area contributed by atoms with Crippen molar-refractivity contribution in [1.82, 2.24) is 9.55 Å². The molecule has 4 rings (SSSR count). The smallest absolute Gasteiger partial charge is 0.262 e. The molecule has 0 spiro atoms. The van der Waals surface area contributed by atoms with E-state index in [0.29, 0.717) is 42.3 Å². The summed E-state index contributed by atoms with van der Waals surface area (Å²) in [5.41, 5.74) is 1.34. The average molecular weight is 339 g/mol. The predicted molar refractivity (Wildman–Crippen MR) is 93.6 cm³/mol. The van der Waals surface area contributed by atoms with Crippen molar-refractivity contribution in [3.63, 3.8) is 0 Å². The lowest BCUT2D eigenvalue weighted by Crippen LogP contribution is -2.24. The van der Waals surface area contributed by atoms with Gasteiger partial charge < -0.3 is 19.5 Å². The highest BCUT2D eigenvalue weighted by molar-refractivity contribution is 5.78. The molecule has 0 bridgehead atoms. The van der Waals surface area contributed by atoms with Gasteiger partial charge in [-0.1, -0.05) is 0 Å². The zero-order valence-electron chi connectivity index (χ0n) is 13.7. The van der Waals surface area contributed by atoms with Crippen LogP contribution in [0.1, 0.15) is 0 Å². The third kappa shape index (κ3) is 2.96. The van der Waals surface area contributed by atoms with E-state index in [9.17, 15) is 4.79 Å². The van der Waals surface area contributed by atoms with Crippen molar-refractivity contribution < 1.29 is 14.2 Å². The van der Waals surface area contributed by atoms with Gasteiger partial charge in [-0.3, -0.25) is 9.36 Å². The van der Waals surface area contributed by atoms with E-state index in [2.05, 4.69) is 10.3 Å². The number of hydrogen-bond donors (Lipinski definition) is 1. The fourth-order valence-corrected chi connectivity index (χ4v) is 2.71. The van der Waals surface area contributed by atoms with Crippen molar-refractivity contribution in [3.8, 4) is 17.2 Å². The minimum atomic E-state index is -0.113. The molecule has 0 amide bonds. The second kappa shape index (κ2) is 6.35. The summed E-state index contributed by atoms with van der Waals surface area (Å²) in [7, 11) is 1.58. The zero-order chi connectivity index (χ0) is 17.2. The Kier molecular flexibility index (Phi) is 3.89. The molecule has 7 nitrogen and oxygen atoms in total. The molecular formula is C18H17N3O4. The molecule has 0 radical (unpaired) electrons. The number of aromatic nitrogens is 2. The monoisotopic (exact) mass is 339 g/mol. The van der Waals surface area contributed by atoms with Crippen LogP contribution in [0, 0.1) is 0 Å². The van der Waals surface area contributed by atoms with Crippen LogP contribution in [-0.4, -0.2) is 29.9 Å². The lowest BCUT2D eigenvalue weighted by molar-refractivity contribution is 0.171. The van der Waals surface area contributed by atoms with Crippen molar-refractivity contribution in [2.45, 2.75) is 6.67 Å². The van der Waals surface area contributed by atoms with Gasteiger partial charge in [0.05, 0.1) is 31.0 Å². The van der Waals surface area contributed by atoms with Crippen LogP contribution in [0.4, 0.5) is 5.69 Å². The van der Waals surface area contributed by atoms with Crippen molar-refractivity contribution in [3.05, 3.63) is 53.1 Å². The first-order valence-corrected chi connectivity index (χ1v) is 7.91. The Morgan fingerprint density at radius 3 is 2.84 bits per heavy atom. The fourth-order valence-electron chi connectivity index (χ4n) is 2.71. The van der Waals surface area contributed by atoms with Gasteiger partial charge in [-0.2, -0.15) is 0 Å². The van der Waals surface area contributed by atoms with Crippen LogP contribution in [0.5, 0.6) is 17.2 Å². The number of nitrogens with one attached hydrogen (secondary N) is 1. The van der Waals surface area contributed by atoms with Crippen molar-refractivity contribution >= 4 is 16.6 Å². The molecule has 0 fully saturated rings. The first-order chi connectivity index (χ1) is 12.2. The Balaban J connectivity index is 1.57. The SMILES string of the molecule is COc1ccc2c(=O)n(CNc3ccc4c(c3)OCCO4)cnc2c1. The van der Waals surface area contributed by atoms with Gasteiger partial charge in [-0.05, 0) is 24.3 Å². The Bertz CT molecular complexity index is 984. The first-order valence-electron chi connectivity index (χ1n) is 7.91. The van der Waals surface area contributed by atoms with Gasteiger partial charge in [-0.25, -0.2) is 4.98 Å². The summed E-state index contributed by atoms with van der Waals surface area (Å²) in [6.07, 6.45) is 1.52. The molecule has 0 saturated heterocycles. The Morgan fingerprint density at radius 2 is 2.00 bits per heavy atom. The number of hydrogen-bond acceptors (Lipinski definition) is 6. The molecular weight excluding hydrogens is 322 g/mol. The lowest BCUT2D eigenvalue weighted by Gasteiger charge is -2.19. The molecule has 2 heterocycles. The summed E-state index contributed by atoms with van der Waals surface area (Å²) in [4.78, 5) is 16.9. The predicted octanol–water partition coefficient (Wildman–Crippen LogP) is 2.25. The van der Waals surface area contributed by atoms with Crippen LogP contribution in [0.3, 0.4) is 0 Å². The first kappa shape index (κ1) is 15.3. The number of nitrogens with zero attached hydrogens (tertiary/aromatic N) is 2. The van der Waals surface area contributed by atoms with E-state index in [1.54, 1.807) is 25.3 Å². The lowest BCUT2D eigenvalue weighted by atomic mass is 10.2. The van der Waals surface area contributed by atoms with Gasteiger partial charge in [0.2, 0.25) is 0 Å². The van der Waals surface area contributed by atoms with Crippen molar-refractivity contribution in [2.75, 3.05) is 25.6 Å². The molecule has 0 atom stereocenters. The topological polar surface area (TPSA) is 74.6 Å². The summed E-state index contributed by atoms with van der Waals surface area (Å²) in [6, 6.07) is 10.8. The van der Waals surface area contributed by atoms with Gasteiger partial charge in [-0.15, -0.1) is 0 Å². The molecule has 0 aliphatic carbocycles. The normalized spacial score (nSPS) is 12.8. The van der Waals surface area contributed by atoms with Crippen LogP contribution in [0.2, 0.25) is 0 Å². The van der Waals surface area contributed by atoms with Crippen molar-refractivity contribution in [2.24, 2.45) is 0 Å². The van der Waals surface area contributed by atoms with E-state index in [0.717, 1.165) is 11.4 Å². The highest BCUT2D eigenvalue weighted by Crippen LogP contribution is 2.32. The summed E-state index contributed by atoms with van der Waals surface area (Å²) < 4.78 is 17.7. The van der Waals surface area contributed by atoms with E-state index < -0.39 is 0 Å². The van der Waals surface area contributed by atoms with E-state index in [1.807, 2.05) is 18.2 Å². The Hall–Kier alpha value is -3.22. The van der Waals surface area contributed by atoms with Gasteiger partial charge in [0.15, 0.2) is 11.5 Å². The zero-order valence-corrected chi connectivity index (χ0v) is 13.7. The maximum absolute atomic E-state index is 12.6. The molecule has 1 aliphatic heterocycles. The van der Waals surface area contributed by atoms with Gasteiger partial charge in [0.1, 0.15) is 19.0 Å². The maximum atomic E-state index is 12.6. The highest BCUT2D eigenvalue weighted by atomic mass is 16.6. The third-order valence-corrected chi connectivity index (χ3v) is 4.03. The second-order valence-electron chi connectivity index (χ2n) is 5.60. The number of benzene rings is 2. The molecule has 7 heteroatoms. The quantitative estimate of drug-likeness (QED) is 0.786. The van der Waals surface area contributed by atoms with Gasteiger partial charge in [0, 0.05) is 17.8 Å². The third-order valence-electron chi connectivity index (χ3n) is 4.03. The molecule has 1 aromatic heterocycles. The van der Waals surface area contributed by atoms with E-state index >= 15 is 0 Å². The summed E-state index contributed by atoms with van der Waals surface area (Å²) >= 11 is 0.